The number of halogens is 1. The fourth-order valence-electron chi connectivity index (χ4n) is 4.01. The fourth-order valence-corrected chi connectivity index (χ4v) is 5.23. The molecule has 2 aromatic heterocycles. The number of carbonyl (C=O) groups is 1. The summed E-state index contributed by atoms with van der Waals surface area (Å²) >= 11 is 1.66. The van der Waals surface area contributed by atoms with Gasteiger partial charge in [0.1, 0.15) is 4.83 Å². The number of aryl methyl sites for hydroxylation is 3. The molecule has 4 rings (SSSR count). The second kappa shape index (κ2) is 9.17. The molecule has 1 unspecified atom stereocenters. The highest BCUT2D eigenvalue weighted by Crippen LogP contribution is 2.33. The average Bonchev–Trinajstić information content (AvgIpc) is 3.06. The molecule has 1 fully saturated rings. The maximum absolute atomic E-state index is 12.9. The predicted octanol–water partition coefficient (Wildman–Crippen LogP) is 2.26. The summed E-state index contributed by atoms with van der Waals surface area (Å²) in [7, 11) is 0. The maximum Gasteiger partial charge on any atom is 0.262 e. The largest absolute Gasteiger partial charge is 0.356 e. The highest BCUT2D eigenvalue weighted by Gasteiger charge is 2.20. The number of amides is 1. The Morgan fingerprint density at radius 3 is 3.00 bits per heavy atom. The van der Waals surface area contributed by atoms with Crippen LogP contribution in [0.3, 0.4) is 0 Å². The van der Waals surface area contributed by atoms with Crippen molar-refractivity contribution in [3.8, 4) is 0 Å². The first-order valence-electron chi connectivity index (χ1n) is 9.69. The lowest BCUT2D eigenvalue weighted by Gasteiger charge is -2.22. The van der Waals surface area contributed by atoms with Crippen molar-refractivity contribution in [2.45, 2.75) is 51.5 Å². The van der Waals surface area contributed by atoms with Gasteiger partial charge >= 0.3 is 0 Å². The summed E-state index contributed by atoms with van der Waals surface area (Å²) in [6.45, 7) is 3.16. The molecule has 1 aliphatic heterocycles. The zero-order valence-corrected chi connectivity index (χ0v) is 17.1. The summed E-state index contributed by atoms with van der Waals surface area (Å²) in [6, 6.07) is 0. The van der Waals surface area contributed by atoms with Gasteiger partial charge in [-0.1, -0.05) is 0 Å². The van der Waals surface area contributed by atoms with Gasteiger partial charge < -0.3 is 10.6 Å². The number of thiophene rings is 1. The molecule has 1 aliphatic carbocycles. The number of nitrogens with one attached hydrogen (secondary N) is 2. The lowest BCUT2D eigenvalue weighted by molar-refractivity contribution is -0.121. The van der Waals surface area contributed by atoms with Crippen LogP contribution in [0, 0.1) is 5.92 Å². The van der Waals surface area contributed by atoms with Crippen molar-refractivity contribution in [2.75, 3.05) is 19.6 Å². The Morgan fingerprint density at radius 1 is 1.33 bits per heavy atom. The van der Waals surface area contributed by atoms with Gasteiger partial charge in [-0.15, -0.1) is 23.7 Å². The second-order valence-corrected chi connectivity index (χ2v) is 8.48. The lowest BCUT2D eigenvalue weighted by Crippen LogP contribution is -2.38. The summed E-state index contributed by atoms with van der Waals surface area (Å²) in [5.74, 6) is 0.528. The number of piperidine rings is 1. The van der Waals surface area contributed by atoms with E-state index in [1.807, 2.05) is 0 Å². The number of fused-ring (bicyclic) bond motifs is 3. The van der Waals surface area contributed by atoms with Crippen molar-refractivity contribution in [1.82, 2.24) is 20.2 Å². The van der Waals surface area contributed by atoms with Gasteiger partial charge in [-0.05, 0) is 63.1 Å². The Bertz CT molecular complexity index is 857. The van der Waals surface area contributed by atoms with E-state index in [0.29, 0.717) is 18.9 Å². The van der Waals surface area contributed by atoms with E-state index in [4.69, 9.17) is 0 Å². The summed E-state index contributed by atoms with van der Waals surface area (Å²) in [5, 5.41) is 7.16. The molecular weight excluding hydrogens is 384 g/mol. The molecule has 1 saturated heterocycles. The van der Waals surface area contributed by atoms with Crippen molar-refractivity contribution in [1.29, 1.82) is 0 Å². The number of aromatic nitrogens is 2. The van der Waals surface area contributed by atoms with E-state index in [1.165, 1.54) is 23.3 Å². The van der Waals surface area contributed by atoms with E-state index in [2.05, 4.69) is 15.6 Å². The SMILES string of the molecule is Cl.O=C(CCn1cnc2sc3c(c2c1=O)CCCC3)NCC1CCCNC1. The van der Waals surface area contributed by atoms with Crippen molar-refractivity contribution < 1.29 is 4.79 Å². The summed E-state index contributed by atoms with van der Waals surface area (Å²) in [6.07, 6.45) is 8.64. The normalized spacial score (nSPS) is 19.3. The highest BCUT2D eigenvalue weighted by atomic mass is 35.5. The van der Waals surface area contributed by atoms with Crippen LogP contribution in [-0.2, 0) is 24.2 Å². The number of hydrogen-bond donors (Lipinski definition) is 2. The molecule has 3 heterocycles. The fraction of sp³-hybridized carbons (Fsp3) is 0.632. The molecule has 1 atom stereocenters. The van der Waals surface area contributed by atoms with Gasteiger partial charge in [0.2, 0.25) is 5.91 Å². The van der Waals surface area contributed by atoms with Crippen LogP contribution in [0.1, 0.15) is 42.5 Å². The monoisotopic (exact) mass is 410 g/mol. The Morgan fingerprint density at radius 2 is 2.19 bits per heavy atom. The van der Waals surface area contributed by atoms with Crippen LogP contribution in [-0.4, -0.2) is 35.1 Å². The molecule has 0 radical (unpaired) electrons. The summed E-state index contributed by atoms with van der Waals surface area (Å²) in [5.41, 5.74) is 1.22. The Balaban J connectivity index is 0.00000210. The van der Waals surface area contributed by atoms with E-state index < -0.39 is 0 Å². The van der Waals surface area contributed by atoms with Crippen LogP contribution in [0.15, 0.2) is 11.1 Å². The number of hydrogen-bond acceptors (Lipinski definition) is 5. The zero-order chi connectivity index (χ0) is 17.9. The molecule has 148 valence electrons. The number of nitrogens with zero attached hydrogens (tertiary/aromatic N) is 2. The molecule has 27 heavy (non-hydrogen) atoms. The molecule has 2 N–H and O–H groups in total. The minimum Gasteiger partial charge on any atom is -0.356 e. The molecule has 8 heteroatoms. The number of rotatable bonds is 5. The maximum atomic E-state index is 12.9. The van der Waals surface area contributed by atoms with Crippen LogP contribution in [0.5, 0.6) is 0 Å². The van der Waals surface area contributed by atoms with Crippen LogP contribution >= 0.6 is 23.7 Å². The highest BCUT2D eigenvalue weighted by molar-refractivity contribution is 7.18. The van der Waals surface area contributed by atoms with Gasteiger partial charge in [0.25, 0.3) is 5.56 Å². The van der Waals surface area contributed by atoms with Gasteiger partial charge in [0.05, 0.1) is 11.7 Å². The first-order chi connectivity index (χ1) is 12.7. The standard InChI is InChI=1S/C19H26N4O2S.ClH/c24-16(21-11-13-4-3-8-20-10-13)7-9-23-12-22-18-17(19(23)25)14-5-1-2-6-15(14)26-18;/h12-13,20H,1-11H2,(H,21,24);1H. The van der Waals surface area contributed by atoms with E-state index in [1.54, 1.807) is 22.2 Å². The molecule has 0 saturated carbocycles. The molecular formula is C19H27ClN4O2S. The van der Waals surface area contributed by atoms with Gasteiger partial charge in [-0.2, -0.15) is 0 Å². The number of carbonyl (C=O) groups excluding carboxylic acids is 1. The van der Waals surface area contributed by atoms with Crippen molar-refractivity contribution in [3.63, 3.8) is 0 Å². The van der Waals surface area contributed by atoms with Crippen molar-refractivity contribution >= 4 is 39.9 Å². The minimum atomic E-state index is 0. The predicted molar refractivity (Wildman–Crippen MR) is 111 cm³/mol. The lowest BCUT2D eigenvalue weighted by atomic mass is 9.97. The molecule has 0 bridgehead atoms. The van der Waals surface area contributed by atoms with Crippen LogP contribution < -0.4 is 16.2 Å². The minimum absolute atomic E-state index is 0. The van der Waals surface area contributed by atoms with E-state index in [-0.39, 0.29) is 23.9 Å². The first-order valence-corrected chi connectivity index (χ1v) is 10.5. The molecule has 1 amide bonds. The molecule has 6 nitrogen and oxygen atoms in total. The zero-order valence-electron chi connectivity index (χ0n) is 15.5. The third-order valence-electron chi connectivity index (χ3n) is 5.51. The Labute approximate surface area is 169 Å². The van der Waals surface area contributed by atoms with Crippen molar-refractivity contribution in [2.24, 2.45) is 5.92 Å². The van der Waals surface area contributed by atoms with E-state index >= 15 is 0 Å². The third-order valence-corrected chi connectivity index (χ3v) is 6.71. The van der Waals surface area contributed by atoms with E-state index in [0.717, 1.165) is 55.5 Å². The smallest absolute Gasteiger partial charge is 0.262 e. The van der Waals surface area contributed by atoms with Crippen LogP contribution in [0.25, 0.3) is 10.2 Å². The Kier molecular flexibility index (Phi) is 6.89. The molecule has 2 aromatic rings. The molecule has 2 aliphatic rings. The van der Waals surface area contributed by atoms with Crippen LogP contribution in [0.4, 0.5) is 0 Å². The van der Waals surface area contributed by atoms with Crippen LogP contribution in [0.2, 0.25) is 0 Å². The van der Waals surface area contributed by atoms with Gasteiger partial charge in [0.15, 0.2) is 0 Å². The molecule has 0 aromatic carbocycles. The van der Waals surface area contributed by atoms with E-state index in [9.17, 15) is 9.59 Å². The third kappa shape index (κ3) is 4.52. The van der Waals surface area contributed by atoms with Gasteiger partial charge in [-0.25, -0.2) is 4.98 Å². The topological polar surface area (TPSA) is 76.0 Å². The molecule has 0 spiro atoms. The second-order valence-electron chi connectivity index (χ2n) is 7.40. The van der Waals surface area contributed by atoms with Gasteiger partial charge in [-0.3, -0.25) is 14.2 Å². The quantitative estimate of drug-likeness (QED) is 0.792. The average molecular weight is 411 g/mol. The first kappa shape index (κ1) is 20.3. The summed E-state index contributed by atoms with van der Waals surface area (Å²) in [4.78, 5) is 31.7. The Hall–Kier alpha value is -1.44. The van der Waals surface area contributed by atoms with Gasteiger partial charge in [0, 0.05) is 24.4 Å². The van der Waals surface area contributed by atoms with Crippen molar-refractivity contribution in [3.05, 3.63) is 27.1 Å². The summed E-state index contributed by atoms with van der Waals surface area (Å²) < 4.78 is 1.60.